The molecule has 1 aromatic heterocycles. The Bertz CT molecular complexity index is 1180. The van der Waals surface area contributed by atoms with Crippen LogP contribution < -0.4 is 9.62 Å². The summed E-state index contributed by atoms with van der Waals surface area (Å²) in [5.74, 6) is 1.18. The summed E-state index contributed by atoms with van der Waals surface area (Å²) in [6, 6.07) is 13.6. The van der Waals surface area contributed by atoms with E-state index < -0.39 is 10.0 Å². The van der Waals surface area contributed by atoms with Crippen LogP contribution in [0, 0.1) is 20.8 Å². The van der Waals surface area contributed by atoms with Gasteiger partial charge in [-0.15, -0.1) is 0 Å². The van der Waals surface area contributed by atoms with Crippen LogP contribution in [0.25, 0.3) is 10.8 Å². The number of anilines is 2. The number of nitrogens with zero attached hydrogens (tertiary/aromatic N) is 3. The molecule has 6 nitrogen and oxygen atoms in total. The van der Waals surface area contributed by atoms with Crippen molar-refractivity contribution in [3.05, 3.63) is 59.2 Å². The van der Waals surface area contributed by atoms with Crippen LogP contribution in [0.2, 0.25) is 0 Å². The van der Waals surface area contributed by atoms with Crippen molar-refractivity contribution in [2.24, 2.45) is 0 Å². The molecule has 0 amide bonds. The van der Waals surface area contributed by atoms with E-state index in [4.69, 9.17) is 4.98 Å². The number of nitrogens with one attached hydrogen (secondary N) is 1. The Kier molecular flexibility index (Phi) is 5.42. The van der Waals surface area contributed by atoms with Crippen LogP contribution in [0.5, 0.6) is 0 Å². The molecule has 3 aromatic rings. The second-order valence-corrected chi connectivity index (χ2v) is 9.80. The predicted molar refractivity (Wildman–Crippen MR) is 123 cm³/mol. The molecule has 0 atom stereocenters. The molecule has 2 aromatic carbocycles. The van der Waals surface area contributed by atoms with E-state index in [1.807, 2.05) is 63.2 Å². The largest absolute Gasteiger partial charge is 0.353 e. The normalized spacial score (nSPS) is 15.5. The van der Waals surface area contributed by atoms with Gasteiger partial charge in [0.05, 0.1) is 4.90 Å². The molecular weight excluding hydrogens is 396 g/mol. The fourth-order valence-electron chi connectivity index (χ4n) is 4.27. The molecule has 1 saturated heterocycles. The smallest absolute Gasteiger partial charge is 0.263 e. The molecular formula is C23H28N4O2S. The Balaban J connectivity index is 1.76. The third-order valence-corrected chi connectivity index (χ3v) is 7.29. The van der Waals surface area contributed by atoms with Gasteiger partial charge in [-0.25, -0.2) is 13.4 Å². The topological polar surface area (TPSA) is 65.5 Å². The Labute approximate surface area is 178 Å². The minimum absolute atomic E-state index is 0.323. The van der Waals surface area contributed by atoms with E-state index >= 15 is 0 Å². The molecule has 0 aliphatic carbocycles. The van der Waals surface area contributed by atoms with Crippen LogP contribution in [0.4, 0.5) is 11.6 Å². The Morgan fingerprint density at radius 3 is 2.23 bits per heavy atom. The van der Waals surface area contributed by atoms with Crippen molar-refractivity contribution in [1.82, 2.24) is 9.88 Å². The number of aromatic nitrogens is 1. The molecule has 1 N–H and O–H groups in total. The molecule has 2 heterocycles. The van der Waals surface area contributed by atoms with Crippen molar-refractivity contribution in [3.8, 4) is 0 Å². The first-order valence-corrected chi connectivity index (χ1v) is 11.7. The number of hydrogen-bond donors (Lipinski definition) is 1. The number of fused-ring (bicyclic) bond motifs is 1. The molecule has 0 bridgehead atoms. The van der Waals surface area contributed by atoms with Crippen LogP contribution in [-0.2, 0) is 10.0 Å². The maximum absolute atomic E-state index is 13.2. The van der Waals surface area contributed by atoms with Gasteiger partial charge in [0.25, 0.3) is 10.0 Å². The molecule has 1 aliphatic heterocycles. The SMILES string of the molecule is Cc1cc(C)c(S(=O)(=O)Nc2cc3ccccc3c(N3CCN(C)CC3)n2)c(C)c1. The van der Waals surface area contributed by atoms with Gasteiger partial charge in [-0.2, -0.15) is 0 Å². The van der Waals surface area contributed by atoms with Gasteiger partial charge >= 0.3 is 0 Å². The fourth-order valence-corrected chi connectivity index (χ4v) is 5.72. The van der Waals surface area contributed by atoms with E-state index in [2.05, 4.69) is 21.6 Å². The van der Waals surface area contributed by atoms with Gasteiger partial charge in [-0.05, 0) is 50.4 Å². The third-order valence-electron chi connectivity index (χ3n) is 5.64. The molecule has 0 saturated carbocycles. The van der Waals surface area contributed by atoms with Crippen molar-refractivity contribution in [1.29, 1.82) is 0 Å². The second-order valence-electron chi connectivity index (χ2n) is 8.18. The van der Waals surface area contributed by atoms with Crippen LogP contribution in [0.3, 0.4) is 0 Å². The quantitative estimate of drug-likeness (QED) is 0.692. The zero-order valence-corrected chi connectivity index (χ0v) is 18.8. The van der Waals surface area contributed by atoms with Gasteiger partial charge < -0.3 is 9.80 Å². The Morgan fingerprint density at radius 1 is 0.933 bits per heavy atom. The minimum atomic E-state index is -3.76. The summed E-state index contributed by atoms with van der Waals surface area (Å²) in [6.07, 6.45) is 0. The number of rotatable bonds is 4. The van der Waals surface area contributed by atoms with Gasteiger partial charge in [0.1, 0.15) is 11.6 Å². The van der Waals surface area contributed by atoms with Crippen LogP contribution in [0.1, 0.15) is 16.7 Å². The van der Waals surface area contributed by atoms with Crippen molar-refractivity contribution in [2.75, 3.05) is 42.8 Å². The number of hydrogen-bond acceptors (Lipinski definition) is 5. The lowest BCUT2D eigenvalue weighted by Crippen LogP contribution is -2.45. The number of aryl methyl sites for hydroxylation is 3. The van der Waals surface area contributed by atoms with Crippen molar-refractivity contribution < 1.29 is 8.42 Å². The van der Waals surface area contributed by atoms with Crippen molar-refractivity contribution in [3.63, 3.8) is 0 Å². The second kappa shape index (κ2) is 7.89. The predicted octanol–water partition coefficient (Wildman–Crippen LogP) is 3.71. The average molecular weight is 425 g/mol. The van der Waals surface area contributed by atoms with Crippen LogP contribution in [0.15, 0.2) is 47.4 Å². The zero-order valence-electron chi connectivity index (χ0n) is 17.9. The molecule has 0 unspecified atom stereocenters. The Morgan fingerprint density at radius 2 is 1.57 bits per heavy atom. The molecule has 1 fully saturated rings. The monoisotopic (exact) mass is 424 g/mol. The maximum Gasteiger partial charge on any atom is 0.263 e. The van der Waals surface area contributed by atoms with Crippen LogP contribution >= 0.6 is 0 Å². The molecule has 158 valence electrons. The highest BCUT2D eigenvalue weighted by atomic mass is 32.2. The van der Waals surface area contributed by atoms with Crippen molar-refractivity contribution in [2.45, 2.75) is 25.7 Å². The minimum Gasteiger partial charge on any atom is -0.353 e. The molecule has 7 heteroatoms. The maximum atomic E-state index is 13.2. The standard InChI is InChI=1S/C23H28N4O2S/c1-16-13-17(2)22(18(3)14-16)30(28,29)25-21-15-19-7-5-6-8-20(19)23(24-21)27-11-9-26(4)10-12-27/h5-8,13-15H,9-12H2,1-4H3,(H,24,25). The number of benzene rings is 2. The lowest BCUT2D eigenvalue weighted by atomic mass is 10.1. The van der Waals surface area contributed by atoms with E-state index in [1.54, 1.807) is 0 Å². The summed E-state index contributed by atoms with van der Waals surface area (Å²) in [6.45, 7) is 9.26. The van der Waals surface area contributed by atoms with Gasteiger partial charge in [-0.1, -0.05) is 42.0 Å². The van der Waals surface area contributed by atoms with Gasteiger partial charge in [0.2, 0.25) is 0 Å². The van der Waals surface area contributed by atoms with Crippen molar-refractivity contribution >= 4 is 32.4 Å². The Hall–Kier alpha value is -2.64. The summed E-state index contributed by atoms with van der Waals surface area (Å²) in [5.41, 5.74) is 2.52. The first kappa shape index (κ1) is 20.6. The summed E-state index contributed by atoms with van der Waals surface area (Å²) in [7, 11) is -1.64. The summed E-state index contributed by atoms with van der Waals surface area (Å²) < 4.78 is 29.2. The highest BCUT2D eigenvalue weighted by molar-refractivity contribution is 7.92. The zero-order chi connectivity index (χ0) is 21.5. The van der Waals surface area contributed by atoms with E-state index in [1.165, 1.54) is 0 Å². The summed E-state index contributed by atoms with van der Waals surface area (Å²) >= 11 is 0. The van der Waals surface area contributed by atoms with E-state index in [0.29, 0.717) is 10.7 Å². The lowest BCUT2D eigenvalue weighted by Gasteiger charge is -2.34. The fraction of sp³-hybridized carbons (Fsp3) is 0.348. The van der Waals surface area contributed by atoms with E-state index in [-0.39, 0.29) is 0 Å². The third kappa shape index (κ3) is 4.00. The highest BCUT2D eigenvalue weighted by Crippen LogP contribution is 2.30. The molecule has 1 aliphatic rings. The molecule has 30 heavy (non-hydrogen) atoms. The number of pyridine rings is 1. The molecule has 0 spiro atoms. The van der Waals surface area contributed by atoms with E-state index in [0.717, 1.165) is 59.5 Å². The number of likely N-dealkylation sites (N-methyl/N-ethyl adjacent to an activating group) is 1. The van der Waals surface area contributed by atoms with Gasteiger partial charge in [0.15, 0.2) is 0 Å². The first-order chi connectivity index (χ1) is 14.2. The van der Waals surface area contributed by atoms with Gasteiger partial charge in [0, 0.05) is 31.6 Å². The molecule has 4 rings (SSSR count). The molecule has 0 radical (unpaired) electrons. The highest BCUT2D eigenvalue weighted by Gasteiger charge is 2.23. The van der Waals surface area contributed by atoms with Gasteiger partial charge in [-0.3, -0.25) is 4.72 Å². The number of piperazine rings is 1. The summed E-state index contributed by atoms with van der Waals surface area (Å²) in [4.78, 5) is 9.60. The lowest BCUT2D eigenvalue weighted by molar-refractivity contribution is 0.312. The van der Waals surface area contributed by atoms with E-state index in [9.17, 15) is 8.42 Å². The average Bonchev–Trinajstić information content (AvgIpc) is 2.66. The van der Waals surface area contributed by atoms with Crippen LogP contribution in [-0.4, -0.2) is 51.5 Å². The summed E-state index contributed by atoms with van der Waals surface area (Å²) in [5, 5.41) is 2.00. The first-order valence-electron chi connectivity index (χ1n) is 10.2. The number of sulfonamides is 1.